The normalized spacial score (nSPS) is 14.0. The Balaban J connectivity index is 1.67. The Morgan fingerprint density at radius 2 is 1.76 bits per heavy atom. The highest BCUT2D eigenvalue weighted by atomic mass is 32.1. The molecule has 1 fully saturated rings. The molecule has 1 aliphatic rings. The van der Waals surface area contributed by atoms with Gasteiger partial charge < -0.3 is 19.5 Å². The maximum Gasteiger partial charge on any atom is 0.299 e. The van der Waals surface area contributed by atoms with Gasteiger partial charge in [-0.2, -0.15) is 0 Å². The maximum atomic E-state index is 5.72. The van der Waals surface area contributed by atoms with E-state index in [4.69, 9.17) is 14.2 Å². The minimum absolute atomic E-state index is 0.512. The quantitative estimate of drug-likeness (QED) is 0.848. The Morgan fingerprint density at radius 3 is 2.38 bits per heavy atom. The maximum absolute atomic E-state index is 5.72. The number of benzene rings is 1. The van der Waals surface area contributed by atoms with Crippen LogP contribution in [0, 0.1) is 0 Å². The molecule has 0 aliphatic heterocycles. The van der Waals surface area contributed by atoms with Crippen molar-refractivity contribution < 1.29 is 14.2 Å². The van der Waals surface area contributed by atoms with Crippen molar-refractivity contribution in [3.63, 3.8) is 0 Å². The summed E-state index contributed by atoms with van der Waals surface area (Å²) in [6.45, 7) is 0.743. The first kappa shape index (κ1) is 14.1. The molecule has 0 atom stereocenters. The predicted molar refractivity (Wildman–Crippen MR) is 79.4 cm³/mol. The highest BCUT2D eigenvalue weighted by Crippen LogP contribution is 2.32. The van der Waals surface area contributed by atoms with Crippen LogP contribution < -0.4 is 19.5 Å². The Hall–Kier alpha value is -1.86. The summed E-state index contributed by atoms with van der Waals surface area (Å²) < 4.78 is 16.1. The van der Waals surface area contributed by atoms with Gasteiger partial charge in [0.1, 0.15) is 22.3 Å². The van der Waals surface area contributed by atoms with Crippen molar-refractivity contribution in [2.45, 2.75) is 25.4 Å². The number of rotatable bonds is 7. The van der Waals surface area contributed by atoms with Crippen LogP contribution in [0.2, 0.25) is 0 Å². The molecule has 0 spiro atoms. The van der Waals surface area contributed by atoms with Gasteiger partial charge in [0.2, 0.25) is 0 Å². The third-order valence-corrected chi connectivity index (χ3v) is 3.90. The van der Waals surface area contributed by atoms with E-state index < -0.39 is 0 Å². The van der Waals surface area contributed by atoms with Crippen LogP contribution in [-0.2, 0) is 6.54 Å². The Morgan fingerprint density at radius 1 is 1.10 bits per heavy atom. The molecule has 1 aromatic heterocycles. The van der Waals surface area contributed by atoms with Crippen LogP contribution in [0.4, 0.5) is 0 Å². The monoisotopic (exact) mass is 307 g/mol. The van der Waals surface area contributed by atoms with E-state index in [0.29, 0.717) is 28.5 Å². The summed E-state index contributed by atoms with van der Waals surface area (Å²) in [4.78, 5) is 0. The average Bonchev–Trinajstić information content (AvgIpc) is 3.24. The number of methoxy groups -OCH3 is 2. The fourth-order valence-corrected chi connectivity index (χ4v) is 2.47. The molecule has 7 heteroatoms. The Kier molecular flexibility index (Phi) is 4.21. The van der Waals surface area contributed by atoms with E-state index in [1.54, 1.807) is 32.4 Å². The largest absolute Gasteiger partial charge is 0.496 e. The van der Waals surface area contributed by atoms with E-state index in [1.165, 1.54) is 24.2 Å². The highest BCUT2D eigenvalue weighted by Gasteiger charge is 2.20. The minimum atomic E-state index is 0.512. The first-order valence-corrected chi connectivity index (χ1v) is 7.55. The van der Waals surface area contributed by atoms with Gasteiger partial charge in [-0.25, -0.2) is 0 Å². The molecular weight excluding hydrogens is 290 g/mol. The lowest BCUT2D eigenvalue weighted by atomic mass is 10.3. The third kappa shape index (κ3) is 3.83. The summed E-state index contributed by atoms with van der Waals surface area (Å²) in [5.74, 6) is 1.96. The van der Waals surface area contributed by atoms with Crippen LogP contribution in [0.25, 0.3) is 0 Å². The van der Waals surface area contributed by atoms with E-state index in [0.717, 1.165) is 11.6 Å². The molecule has 0 saturated heterocycles. The third-order valence-electron chi connectivity index (χ3n) is 3.10. The summed E-state index contributed by atoms with van der Waals surface area (Å²) in [5.41, 5.74) is 0. The van der Waals surface area contributed by atoms with Crippen molar-refractivity contribution in [3.8, 4) is 22.4 Å². The number of hydrogen-bond acceptors (Lipinski definition) is 7. The second-order valence-electron chi connectivity index (χ2n) is 4.77. The van der Waals surface area contributed by atoms with Crippen molar-refractivity contribution in [1.29, 1.82) is 0 Å². The number of nitrogens with zero attached hydrogens (tertiary/aromatic N) is 2. The molecule has 1 heterocycles. The van der Waals surface area contributed by atoms with Crippen molar-refractivity contribution in [3.05, 3.63) is 23.2 Å². The van der Waals surface area contributed by atoms with Crippen LogP contribution >= 0.6 is 11.3 Å². The van der Waals surface area contributed by atoms with E-state index in [2.05, 4.69) is 15.5 Å². The molecule has 3 rings (SSSR count). The second kappa shape index (κ2) is 6.28. The smallest absolute Gasteiger partial charge is 0.299 e. The minimum Gasteiger partial charge on any atom is -0.496 e. The van der Waals surface area contributed by atoms with Gasteiger partial charge in [-0.3, -0.25) is 0 Å². The topological polar surface area (TPSA) is 65.5 Å². The zero-order chi connectivity index (χ0) is 14.7. The molecule has 1 saturated carbocycles. The SMILES string of the molecule is COc1cc(OC)cc(Oc2nnc(CNC3CC3)s2)c1. The number of ether oxygens (including phenoxy) is 3. The molecular formula is C14H17N3O3S. The van der Waals surface area contributed by atoms with Crippen molar-refractivity contribution in [2.24, 2.45) is 0 Å². The fraction of sp³-hybridized carbons (Fsp3) is 0.429. The van der Waals surface area contributed by atoms with Crippen LogP contribution in [0.3, 0.4) is 0 Å². The van der Waals surface area contributed by atoms with Crippen LogP contribution in [0.1, 0.15) is 17.8 Å². The lowest BCUT2D eigenvalue weighted by molar-refractivity contribution is 0.386. The number of aromatic nitrogens is 2. The molecule has 112 valence electrons. The van der Waals surface area contributed by atoms with Gasteiger partial charge in [0.15, 0.2) is 0 Å². The summed E-state index contributed by atoms with van der Waals surface area (Å²) in [5, 5.41) is 13.0. The molecule has 21 heavy (non-hydrogen) atoms. The lowest BCUT2D eigenvalue weighted by Gasteiger charge is -2.07. The fourth-order valence-electron chi connectivity index (χ4n) is 1.81. The van der Waals surface area contributed by atoms with Gasteiger partial charge in [0.05, 0.1) is 20.8 Å². The highest BCUT2D eigenvalue weighted by molar-refractivity contribution is 7.13. The van der Waals surface area contributed by atoms with Gasteiger partial charge in [0, 0.05) is 24.2 Å². The van der Waals surface area contributed by atoms with Gasteiger partial charge in [-0.1, -0.05) is 16.4 Å². The molecule has 0 unspecified atom stereocenters. The van der Waals surface area contributed by atoms with Gasteiger partial charge in [-0.15, -0.1) is 5.10 Å². The van der Waals surface area contributed by atoms with Gasteiger partial charge in [0.25, 0.3) is 5.19 Å². The number of hydrogen-bond donors (Lipinski definition) is 1. The summed E-state index contributed by atoms with van der Waals surface area (Å²) in [6.07, 6.45) is 2.51. The zero-order valence-electron chi connectivity index (χ0n) is 12.0. The van der Waals surface area contributed by atoms with E-state index in [1.807, 2.05) is 0 Å². The summed E-state index contributed by atoms with van der Waals surface area (Å²) >= 11 is 1.44. The second-order valence-corrected chi connectivity index (χ2v) is 5.79. The van der Waals surface area contributed by atoms with Crippen LogP contribution in [0.5, 0.6) is 22.4 Å². The van der Waals surface area contributed by atoms with Crippen LogP contribution in [0.15, 0.2) is 18.2 Å². The molecule has 1 aromatic carbocycles. The van der Waals surface area contributed by atoms with Crippen molar-refractivity contribution in [1.82, 2.24) is 15.5 Å². The standard InChI is InChI=1S/C14H17N3O3S/c1-18-10-5-11(19-2)7-12(6-10)20-14-17-16-13(21-14)8-15-9-3-4-9/h5-7,9,15H,3-4,8H2,1-2H3. The first-order valence-electron chi connectivity index (χ1n) is 6.73. The van der Waals surface area contributed by atoms with E-state index in [9.17, 15) is 0 Å². The van der Waals surface area contributed by atoms with Crippen LogP contribution in [-0.4, -0.2) is 30.5 Å². The molecule has 2 aromatic rings. The summed E-state index contributed by atoms with van der Waals surface area (Å²) in [7, 11) is 3.20. The first-order chi connectivity index (χ1) is 10.3. The average molecular weight is 307 g/mol. The molecule has 0 radical (unpaired) electrons. The predicted octanol–water partition coefficient (Wildman–Crippen LogP) is 2.60. The Bertz CT molecular complexity index is 591. The van der Waals surface area contributed by atoms with Crippen molar-refractivity contribution in [2.75, 3.05) is 14.2 Å². The number of nitrogens with one attached hydrogen (secondary N) is 1. The zero-order valence-corrected chi connectivity index (χ0v) is 12.8. The van der Waals surface area contributed by atoms with Crippen molar-refractivity contribution >= 4 is 11.3 Å². The molecule has 0 bridgehead atoms. The Labute approximate surface area is 127 Å². The van der Waals surface area contributed by atoms with Gasteiger partial charge in [-0.05, 0) is 12.8 Å². The van der Waals surface area contributed by atoms with E-state index in [-0.39, 0.29) is 0 Å². The van der Waals surface area contributed by atoms with Gasteiger partial charge >= 0.3 is 0 Å². The molecule has 6 nitrogen and oxygen atoms in total. The summed E-state index contributed by atoms with van der Waals surface area (Å²) in [6, 6.07) is 6.01. The lowest BCUT2D eigenvalue weighted by Crippen LogP contribution is -2.14. The van der Waals surface area contributed by atoms with E-state index >= 15 is 0 Å². The molecule has 1 aliphatic carbocycles. The molecule has 1 N–H and O–H groups in total. The molecule has 0 amide bonds.